The molecule has 0 N–H and O–H groups in total. The fourth-order valence-corrected chi connectivity index (χ4v) is 5.35. The average Bonchev–Trinajstić information content (AvgIpc) is 3.61. The van der Waals surface area contributed by atoms with Gasteiger partial charge in [0.1, 0.15) is 12.1 Å². The summed E-state index contributed by atoms with van der Waals surface area (Å²) in [5.41, 5.74) is 5.94. The van der Waals surface area contributed by atoms with Crippen LogP contribution in [0, 0.1) is 6.92 Å². The van der Waals surface area contributed by atoms with Crippen molar-refractivity contribution in [3.05, 3.63) is 102 Å². The lowest BCUT2D eigenvalue weighted by Gasteiger charge is -2.26. The summed E-state index contributed by atoms with van der Waals surface area (Å²) in [5, 5.41) is 9.65. The summed E-state index contributed by atoms with van der Waals surface area (Å²) in [4.78, 5) is 9.68. The van der Waals surface area contributed by atoms with Gasteiger partial charge in [-0.2, -0.15) is 5.10 Å². The number of aromatic nitrogens is 6. The van der Waals surface area contributed by atoms with Crippen molar-refractivity contribution in [2.24, 2.45) is 0 Å². The number of aryl methyl sites for hydroxylation is 1. The third kappa shape index (κ3) is 3.95. The monoisotopic (exact) mass is 546 g/mol. The molecule has 10 nitrogen and oxygen atoms in total. The van der Waals surface area contributed by atoms with Crippen LogP contribution in [0.1, 0.15) is 28.3 Å². The SMILES string of the molecule is COc1ccc([C@@H]2c3c(C)nn(-c4ccccc4)c3Oc3ncn4nc(-c5ccc(OC)c(OC)c5)nc4c32)cc1. The number of benzene rings is 3. The van der Waals surface area contributed by atoms with Crippen LogP contribution in [-0.4, -0.2) is 50.7 Å². The molecule has 204 valence electrons. The molecule has 6 aromatic rings. The molecule has 7 rings (SSSR count). The number of para-hydroxylation sites is 1. The van der Waals surface area contributed by atoms with Crippen LogP contribution < -0.4 is 18.9 Å². The van der Waals surface area contributed by atoms with Gasteiger partial charge in [-0.15, -0.1) is 5.10 Å². The van der Waals surface area contributed by atoms with Gasteiger partial charge in [0, 0.05) is 5.56 Å². The van der Waals surface area contributed by atoms with Crippen LogP contribution in [0.2, 0.25) is 0 Å². The second-order valence-corrected chi connectivity index (χ2v) is 9.60. The van der Waals surface area contributed by atoms with Gasteiger partial charge in [0.25, 0.3) is 0 Å². The number of hydrogen-bond acceptors (Lipinski definition) is 8. The highest BCUT2D eigenvalue weighted by atomic mass is 16.5. The van der Waals surface area contributed by atoms with Crippen molar-refractivity contribution in [2.75, 3.05) is 21.3 Å². The Balaban J connectivity index is 1.45. The molecule has 0 amide bonds. The Bertz CT molecular complexity index is 1900. The van der Waals surface area contributed by atoms with Crippen LogP contribution >= 0.6 is 0 Å². The highest BCUT2D eigenvalue weighted by Gasteiger charge is 2.38. The van der Waals surface area contributed by atoms with E-state index in [4.69, 9.17) is 39.1 Å². The van der Waals surface area contributed by atoms with E-state index in [1.54, 1.807) is 32.2 Å². The van der Waals surface area contributed by atoms with E-state index in [0.29, 0.717) is 34.7 Å². The third-order valence-corrected chi connectivity index (χ3v) is 7.31. The van der Waals surface area contributed by atoms with Gasteiger partial charge < -0.3 is 18.9 Å². The van der Waals surface area contributed by atoms with E-state index in [1.807, 2.05) is 72.3 Å². The second kappa shape index (κ2) is 9.67. The van der Waals surface area contributed by atoms with E-state index < -0.39 is 0 Å². The van der Waals surface area contributed by atoms with Crippen LogP contribution in [-0.2, 0) is 0 Å². The minimum atomic E-state index is -0.268. The Hall–Kier alpha value is -5.38. The fraction of sp³-hybridized carbons (Fsp3) is 0.161. The minimum absolute atomic E-state index is 0.268. The van der Waals surface area contributed by atoms with Crippen LogP contribution in [0.25, 0.3) is 22.7 Å². The highest BCUT2D eigenvalue weighted by molar-refractivity contribution is 5.70. The van der Waals surface area contributed by atoms with Crippen molar-refractivity contribution >= 4 is 5.65 Å². The number of nitrogens with zero attached hydrogens (tertiary/aromatic N) is 6. The fourth-order valence-electron chi connectivity index (χ4n) is 5.35. The Morgan fingerprint density at radius 3 is 2.32 bits per heavy atom. The van der Waals surface area contributed by atoms with Gasteiger partial charge in [-0.3, -0.25) is 0 Å². The van der Waals surface area contributed by atoms with Gasteiger partial charge in [0.2, 0.25) is 11.8 Å². The number of rotatable bonds is 6. The Morgan fingerprint density at radius 1 is 0.805 bits per heavy atom. The van der Waals surface area contributed by atoms with Gasteiger partial charge in [-0.05, 0) is 55.0 Å². The molecule has 0 saturated heterocycles. The zero-order chi connectivity index (χ0) is 28.1. The number of hydrogen-bond donors (Lipinski definition) is 0. The molecule has 41 heavy (non-hydrogen) atoms. The number of fused-ring (bicyclic) bond motifs is 4. The standard InChI is InChI=1S/C31H26N6O4/c1-18-25-26(19-10-13-22(38-2)14-11-19)27-29-33-28(20-12-15-23(39-3)24(16-20)40-4)35-36(29)17-32-30(27)41-31(25)37(34-18)21-8-6-5-7-9-21/h5-17,26H,1-4H3/t26-/m1/s1. The van der Waals surface area contributed by atoms with E-state index in [2.05, 4.69) is 12.1 Å². The molecule has 0 spiro atoms. The molecule has 0 unspecified atom stereocenters. The topological polar surface area (TPSA) is 97.8 Å². The van der Waals surface area contributed by atoms with Crippen LogP contribution in [0.3, 0.4) is 0 Å². The highest BCUT2D eigenvalue weighted by Crippen LogP contribution is 2.50. The molecule has 1 aliphatic heterocycles. The first-order valence-corrected chi connectivity index (χ1v) is 13.0. The smallest absolute Gasteiger partial charge is 0.230 e. The van der Waals surface area contributed by atoms with Crippen LogP contribution in [0.15, 0.2) is 79.1 Å². The molecule has 0 bridgehead atoms. The van der Waals surface area contributed by atoms with Crippen LogP contribution in [0.4, 0.5) is 0 Å². The number of methoxy groups -OCH3 is 3. The van der Waals surface area contributed by atoms with Crippen molar-refractivity contribution in [2.45, 2.75) is 12.8 Å². The maximum atomic E-state index is 6.52. The van der Waals surface area contributed by atoms with Gasteiger partial charge >= 0.3 is 0 Å². The Morgan fingerprint density at radius 2 is 1.59 bits per heavy atom. The molecule has 10 heteroatoms. The van der Waals surface area contributed by atoms with Crippen molar-refractivity contribution in [3.63, 3.8) is 0 Å². The lowest BCUT2D eigenvalue weighted by Crippen LogP contribution is -2.16. The zero-order valence-corrected chi connectivity index (χ0v) is 22.9. The van der Waals surface area contributed by atoms with E-state index in [9.17, 15) is 0 Å². The molecular weight excluding hydrogens is 520 g/mol. The first-order valence-electron chi connectivity index (χ1n) is 13.0. The summed E-state index contributed by atoms with van der Waals surface area (Å²) in [6.07, 6.45) is 1.62. The maximum absolute atomic E-state index is 6.52. The van der Waals surface area contributed by atoms with Crippen molar-refractivity contribution in [1.82, 2.24) is 29.4 Å². The number of ether oxygens (including phenoxy) is 4. The Kier molecular flexibility index (Phi) is 5.81. The summed E-state index contributed by atoms with van der Waals surface area (Å²) in [5.74, 6) is 3.33. The lowest BCUT2D eigenvalue weighted by atomic mass is 9.84. The van der Waals surface area contributed by atoms with Crippen molar-refractivity contribution in [1.29, 1.82) is 0 Å². The normalized spacial score (nSPS) is 13.8. The quantitative estimate of drug-likeness (QED) is 0.266. The molecule has 0 radical (unpaired) electrons. The molecule has 1 atom stereocenters. The van der Waals surface area contributed by atoms with Gasteiger partial charge in [0.05, 0.1) is 49.8 Å². The predicted molar refractivity (Wildman–Crippen MR) is 152 cm³/mol. The van der Waals surface area contributed by atoms with Gasteiger partial charge in [-0.1, -0.05) is 30.3 Å². The molecule has 0 fully saturated rings. The average molecular weight is 547 g/mol. The summed E-state index contributed by atoms with van der Waals surface area (Å²) in [6, 6.07) is 23.5. The molecular formula is C31H26N6O4. The van der Waals surface area contributed by atoms with E-state index in [0.717, 1.165) is 39.4 Å². The van der Waals surface area contributed by atoms with Gasteiger partial charge in [-0.25, -0.2) is 19.2 Å². The van der Waals surface area contributed by atoms with E-state index in [1.165, 1.54) is 0 Å². The minimum Gasteiger partial charge on any atom is -0.497 e. The van der Waals surface area contributed by atoms with E-state index in [-0.39, 0.29) is 5.92 Å². The largest absolute Gasteiger partial charge is 0.497 e. The van der Waals surface area contributed by atoms with Crippen molar-refractivity contribution in [3.8, 4) is 46.1 Å². The van der Waals surface area contributed by atoms with Crippen molar-refractivity contribution < 1.29 is 18.9 Å². The van der Waals surface area contributed by atoms with E-state index >= 15 is 0 Å². The first kappa shape index (κ1) is 24.6. The lowest BCUT2D eigenvalue weighted by molar-refractivity contribution is 0.355. The molecule has 1 aliphatic rings. The van der Waals surface area contributed by atoms with Crippen LogP contribution in [0.5, 0.6) is 29.0 Å². The molecule has 3 aromatic heterocycles. The molecule has 0 saturated carbocycles. The third-order valence-electron chi connectivity index (χ3n) is 7.31. The first-order chi connectivity index (χ1) is 20.1. The summed E-state index contributed by atoms with van der Waals surface area (Å²) < 4.78 is 26.4. The Labute approximate surface area is 235 Å². The summed E-state index contributed by atoms with van der Waals surface area (Å²) in [6.45, 7) is 2.00. The molecule has 3 aromatic carbocycles. The molecule has 4 heterocycles. The maximum Gasteiger partial charge on any atom is 0.230 e. The summed E-state index contributed by atoms with van der Waals surface area (Å²) in [7, 11) is 4.86. The molecule has 0 aliphatic carbocycles. The van der Waals surface area contributed by atoms with Gasteiger partial charge in [0.15, 0.2) is 23.0 Å². The summed E-state index contributed by atoms with van der Waals surface area (Å²) >= 11 is 0. The second-order valence-electron chi connectivity index (χ2n) is 9.60. The predicted octanol–water partition coefficient (Wildman–Crippen LogP) is 5.60. The zero-order valence-electron chi connectivity index (χ0n) is 22.9.